The van der Waals surface area contributed by atoms with Crippen molar-refractivity contribution in [2.45, 2.75) is 77.0 Å². The van der Waals surface area contributed by atoms with E-state index in [9.17, 15) is 13.2 Å². The van der Waals surface area contributed by atoms with E-state index in [1.807, 2.05) is 45.9 Å². The monoisotopic (exact) mass is 524 g/mol. The van der Waals surface area contributed by atoms with E-state index in [0.717, 1.165) is 23.1 Å². The van der Waals surface area contributed by atoms with E-state index in [2.05, 4.69) is 18.3 Å². The minimum Gasteiger partial charge on any atom is -0.488 e. The van der Waals surface area contributed by atoms with E-state index in [0.29, 0.717) is 17.9 Å². The lowest BCUT2D eigenvalue weighted by Crippen LogP contribution is -2.36. The molecule has 0 aliphatic carbocycles. The van der Waals surface area contributed by atoms with E-state index in [-0.39, 0.29) is 47.7 Å². The fraction of sp³-hybridized carbons (Fsp3) is 0.414. The van der Waals surface area contributed by atoms with Crippen LogP contribution < -0.4 is 10.1 Å². The number of benzene rings is 2. The largest absolute Gasteiger partial charge is 0.488 e. The molecule has 7 nitrogen and oxygen atoms in total. The maximum atomic E-state index is 13.6. The quantitative estimate of drug-likeness (QED) is 0.413. The molecule has 1 N–H and O–H groups in total. The molecule has 0 radical (unpaired) electrons. The maximum Gasteiger partial charge on any atom is 0.287 e. The molecule has 1 aliphatic heterocycles. The molecule has 1 aromatic heterocycles. The smallest absolute Gasteiger partial charge is 0.287 e. The molecular formula is C29H36N2O5S. The predicted octanol–water partition coefficient (Wildman–Crippen LogP) is 5.63. The van der Waals surface area contributed by atoms with Crippen LogP contribution in [0.25, 0.3) is 0 Å². The van der Waals surface area contributed by atoms with Crippen LogP contribution in [0, 0.1) is 6.92 Å². The Bertz CT molecular complexity index is 1360. The second-order valence-corrected chi connectivity index (χ2v) is 11.8. The van der Waals surface area contributed by atoms with Gasteiger partial charge in [-0.05, 0) is 74.6 Å². The van der Waals surface area contributed by atoms with Crippen molar-refractivity contribution in [3.05, 3.63) is 82.8 Å². The van der Waals surface area contributed by atoms with Crippen LogP contribution in [0.3, 0.4) is 0 Å². The topological polar surface area (TPSA) is 88.8 Å². The van der Waals surface area contributed by atoms with Gasteiger partial charge in [-0.25, -0.2) is 8.42 Å². The summed E-state index contributed by atoms with van der Waals surface area (Å²) in [5.74, 6) is 1.10. The molecule has 3 aromatic rings. The molecule has 1 aliphatic rings. The van der Waals surface area contributed by atoms with Crippen LogP contribution in [0.4, 0.5) is 0 Å². The molecule has 2 heterocycles. The number of carbonyl (C=O) groups excluding carboxylic acids is 1. The number of furan rings is 1. The Labute approximate surface area is 219 Å². The fourth-order valence-electron chi connectivity index (χ4n) is 4.67. The van der Waals surface area contributed by atoms with Gasteiger partial charge in [0.25, 0.3) is 5.91 Å². The standard InChI is InChI=1S/C29H36N2O5S/c1-6-23-18-31(37(33,34)28-11-9-8-10-26(28)35-23)17-22-16-21(13-12-20(22)5)24(7-2)25-14-15-27(36-25)29(32)30-19(3)4/h8-16,19,23-24H,6-7,17-18H2,1-5H3,(H,30,32)/t23-,24?/m1/s1. The highest BCUT2D eigenvalue weighted by Crippen LogP contribution is 2.34. The number of para-hydroxylation sites is 1. The summed E-state index contributed by atoms with van der Waals surface area (Å²) in [5.41, 5.74) is 2.96. The molecule has 2 aromatic carbocycles. The summed E-state index contributed by atoms with van der Waals surface area (Å²) in [5, 5.41) is 2.85. The summed E-state index contributed by atoms with van der Waals surface area (Å²) in [4.78, 5) is 12.6. The number of sulfonamides is 1. The van der Waals surface area contributed by atoms with Crippen LogP contribution in [-0.4, -0.2) is 37.3 Å². The summed E-state index contributed by atoms with van der Waals surface area (Å²) in [6.07, 6.45) is 1.23. The Hall–Kier alpha value is -3.10. The number of nitrogens with one attached hydrogen (secondary N) is 1. The van der Waals surface area contributed by atoms with Gasteiger partial charge in [-0.2, -0.15) is 4.31 Å². The van der Waals surface area contributed by atoms with Crippen molar-refractivity contribution >= 4 is 15.9 Å². The Balaban J connectivity index is 1.65. The number of fused-ring (bicyclic) bond motifs is 1. The van der Waals surface area contributed by atoms with Crippen LogP contribution in [0.1, 0.15) is 79.5 Å². The van der Waals surface area contributed by atoms with Gasteiger partial charge in [-0.1, -0.05) is 44.2 Å². The molecule has 0 saturated heterocycles. The Morgan fingerprint density at radius 2 is 1.86 bits per heavy atom. The SMILES string of the molecule is CCC(c1ccc(C)c(CN2C[C@@H](CC)Oc3ccccc3S2(=O)=O)c1)c1ccc(C(=O)NC(C)C)o1. The lowest BCUT2D eigenvalue weighted by Gasteiger charge is -2.24. The average molecular weight is 525 g/mol. The lowest BCUT2D eigenvalue weighted by atomic mass is 9.91. The van der Waals surface area contributed by atoms with Gasteiger partial charge < -0.3 is 14.5 Å². The minimum absolute atomic E-state index is 0.0163. The van der Waals surface area contributed by atoms with Crippen molar-refractivity contribution in [2.24, 2.45) is 0 Å². The van der Waals surface area contributed by atoms with Gasteiger partial charge in [-0.15, -0.1) is 0 Å². The molecule has 1 amide bonds. The Morgan fingerprint density at radius 3 is 2.57 bits per heavy atom. The zero-order chi connectivity index (χ0) is 26.7. The van der Waals surface area contributed by atoms with Crippen LogP contribution in [0.5, 0.6) is 5.75 Å². The molecule has 0 saturated carbocycles. The number of ether oxygens (including phenoxy) is 1. The van der Waals surface area contributed by atoms with E-state index < -0.39 is 10.0 Å². The van der Waals surface area contributed by atoms with E-state index in [1.54, 1.807) is 30.3 Å². The van der Waals surface area contributed by atoms with Crippen molar-refractivity contribution in [1.29, 1.82) is 0 Å². The molecule has 0 spiro atoms. The summed E-state index contributed by atoms with van der Waals surface area (Å²) in [6, 6.07) is 16.5. The normalized spacial score (nSPS) is 18.1. The van der Waals surface area contributed by atoms with Crippen LogP contribution in [0.15, 0.2) is 63.9 Å². The van der Waals surface area contributed by atoms with E-state index in [1.165, 1.54) is 4.31 Å². The number of aryl methyl sites for hydroxylation is 1. The van der Waals surface area contributed by atoms with Crippen LogP contribution in [0.2, 0.25) is 0 Å². The van der Waals surface area contributed by atoms with Crippen molar-refractivity contribution in [2.75, 3.05) is 6.54 Å². The summed E-state index contributed by atoms with van der Waals surface area (Å²) in [7, 11) is -3.74. The molecule has 2 atom stereocenters. The second-order valence-electron chi connectivity index (χ2n) is 9.87. The zero-order valence-corrected chi connectivity index (χ0v) is 23.0. The summed E-state index contributed by atoms with van der Waals surface area (Å²) < 4.78 is 40.8. The Kier molecular flexibility index (Phi) is 8.09. The minimum atomic E-state index is -3.74. The van der Waals surface area contributed by atoms with Gasteiger partial charge in [0.05, 0.1) is 6.54 Å². The average Bonchev–Trinajstić information content (AvgIpc) is 3.31. The Morgan fingerprint density at radius 1 is 1.11 bits per heavy atom. The third-order valence-corrected chi connectivity index (χ3v) is 8.62. The number of hydrogen-bond acceptors (Lipinski definition) is 5. The van der Waals surface area contributed by atoms with Crippen LogP contribution in [-0.2, 0) is 16.6 Å². The first-order valence-electron chi connectivity index (χ1n) is 12.9. The predicted molar refractivity (Wildman–Crippen MR) is 143 cm³/mol. The highest BCUT2D eigenvalue weighted by atomic mass is 32.2. The first-order valence-corrected chi connectivity index (χ1v) is 14.3. The number of nitrogens with zero attached hydrogens (tertiary/aromatic N) is 1. The third-order valence-electron chi connectivity index (χ3n) is 6.77. The van der Waals surface area contributed by atoms with Crippen molar-refractivity contribution < 1.29 is 22.4 Å². The summed E-state index contributed by atoms with van der Waals surface area (Å²) >= 11 is 0. The number of rotatable bonds is 8. The van der Waals surface area contributed by atoms with Crippen LogP contribution >= 0.6 is 0 Å². The lowest BCUT2D eigenvalue weighted by molar-refractivity contribution is 0.0913. The highest BCUT2D eigenvalue weighted by molar-refractivity contribution is 7.89. The van der Waals surface area contributed by atoms with E-state index in [4.69, 9.17) is 9.15 Å². The molecule has 198 valence electrons. The summed E-state index contributed by atoms with van der Waals surface area (Å²) in [6.45, 7) is 10.4. The van der Waals surface area contributed by atoms with Crippen molar-refractivity contribution in [1.82, 2.24) is 9.62 Å². The molecular weight excluding hydrogens is 488 g/mol. The molecule has 37 heavy (non-hydrogen) atoms. The first-order chi connectivity index (χ1) is 17.6. The molecule has 0 bridgehead atoms. The van der Waals surface area contributed by atoms with Gasteiger partial charge in [0.2, 0.25) is 10.0 Å². The molecule has 0 fully saturated rings. The van der Waals surface area contributed by atoms with Crippen molar-refractivity contribution in [3.63, 3.8) is 0 Å². The molecule has 8 heteroatoms. The fourth-order valence-corrected chi connectivity index (χ4v) is 6.24. The first kappa shape index (κ1) is 26.9. The highest BCUT2D eigenvalue weighted by Gasteiger charge is 2.34. The number of carbonyl (C=O) groups is 1. The van der Waals surface area contributed by atoms with Gasteiger partial charge in [-0.3, -0.25) is 4.79 Å². The van der Waals surface area contributed by atoms with E-state index >= 15 is 0 Å². The third kappa shape index (κ3) is 5.75. The number of amides is 1. The zero-order valence-electron chi connectivity index (χ0n) is 22.2. The molecule has 4 rings (SSSR count). The van der Waals surface area contributed by atoms with Crippen molar-refractivity contribution in [3.8, 4) is 5.75 Å². The van der Waals surface area contributed by atoms with Gasteiger partial charge in [0.15, 0.2) is 5.76 Å². The molecule has 1 unspecified atom stereocenters. The second kappa shape index (κ2) is 11.1. The number of hydrogen-bond donors (Lipinski definition) is 1. The van der Waals surface area contributed by atoms with Gasteiger partial charge in [0, 0.05) is 18.5 Å². The van der Waals surface area contributed by atoms with Gasteiger partial charge >= 0.3 is 0 Å². The van der Waals surface area contributed by atoms with Gasteiger partial charge in [0.1, 0.15) is 22.5 Å². The maximum absolute atomic E-state index is 13.6.